The van der Waals surface area contributed by atoms with Crippen molar-refractivity contribution in [2.24, 2.45) is 0 Å². The predicted octanol–water partition coefficient (Wildman–Crippen LogP) is 3.07. The van der Waals surface area contributed by atoms with Gasteiger partial charge >= 0.3 is 6.03 Å². The number of carbonyl (C=O) groups excluding carboxylic acids is 1. The second-order valence-corrected chi connectivity index (χ2v) is 6.22. The van der Waals surface area contributed by atoms with E-state index in [2.05, 4.69) is 22.8 Å². The Morgan fingerprint density at radius 1 is 1.04 bits per heavy atom. The Bertz CT molecular complexity index is 739. The van der Waals surface area contributed by atoms with E-state index in [0.29, 0.717) is 29.7 Å². The monoisotopic (exact) mass is 356 g/mol. The van der Waals surface area contributed by atoms with Crippen molar-refractivity contribution in [1.82, 2.24) is 10.6 Å². The van der Waals surface area contributed by atoms with E-state index in [9.17, 15) is 4.79 Å². The molecule has 0 heterocycles. The Hall–Kier alpha value is -2.89. The number of ether oxygens (including phenoxy) is 3. The maximum atomic E-state index is 12.2. The number of benzene rings is 2. The van der Waals surface area contributed by atoms with Crippen LogP contribution in [0.3, 0.4) is 0 Å². The normalized spacial score (nSPS) is 18.0. The van der Waals surface area contributed by atoms with Gasteiger partial charge in [-0.25, -0.2) is 4.79 Å². The van der Waals surface area contributed by atoms with Crippen molar-refractivity contribution >= 4 is 6.03 Å². The second kappa shape index (κ2) is 7.99. The second-order valence-electron chi connectivity index (χ2n) is 6.22. The summed E-state index contributed by atoms with van der Waals surface area (Å²) in [5, 5.41) is 5.90. The molecule has 2 N–H and O–H groups in total. The topological polar surface area (TPSA) is 68.8 Å². The van der Waals surface area contributed by atoms with E-state index in [-0.39, 0.29) is 12.1 Å². The lowest BCUT2D eigenvalue weighted by Gasteiger charge is -2.14. The van der Waals surface area contributed by atoms with E-state index >= 15 is 0 Å². The summed E-state index contributed by atoms with van der Waals surface area (Å²) in [7, 11) is 4.70. The summed E-state index contributed by atoms with van der Waals surface area (Å²) in [6.07, 6.45) is 0.974. The van der Waals surface area contributed by atoms with Crippen LogP contribution in [0.1, 0.15) is 23.5 Å². The lowest BCUT2D eigenvalue weighted by molar-refractivity contribution is 0.240. The van der Waals surface area contributed by atoms with Crippen LogP contribution in [-0.4, -0.2) is 33.4 Å². The van der Waals surface area contributed by atoms with Crippen LogP contribution in [0.2, 0.25) is 0 Å². The van der Waals surface area contributed by atoms with Crippen LogP contribution in [0.25, 0.3) is 0 Å². The zero-order valence-corrected chi connectivity index (χ0v) is 15.2. The number of amides is 2. The standard InChI is InChI=1S/C20H24N2O4/c1-24-17-9-13(10-18(25-2)19(17)26-3)12-21-20(23)22-16-11-15(16)14-7-5-4-6-8-14/h4-10,15-16H,11-12H2,1-3H3,(H2,21,22,23). The molecule has 2 aromatic carbocycles. The van der Waals surface area contributed by atoms with Gasteiger partial charge in [0.15, 0.2) is 11.5 Å². The molecule has 2 amide bonds. The zero-order chi connectivity index (χ0) is 18.5. The van der Waals surface area contributed by atoms with Crippen molar-refractivity contribution < 1.29 is 19.0 Å². The quantitative estimate of drug-likeness (QED) is 0.800. The molecule has 3 rings (SSSR count). The van der Waals surface area contributed by atoms with Gasteiger partial charge in [-0.3, -0.25) is 0 Å². The lowest BCUT2D eigenvalue weighted by Crippen LogP contribution is -2.36. The van der Waals surface area contributed by atoms with Crippen LogP contribution >= 0.6 is 0 Å². The van der Waals surface area contributed by atoms with E-state index in [1.807, 2.05) is 30.3 Å². The third-order valence-corrected chi connectivity index (χ3v) is 4.51. The molecule has 6 heteroatoms. The van der Waals surface area contributed by atoms with E-state index in [1.165, 1.54) is 5.56 Å². The van der Waals surface area contributed by atoms with Crippen LogP contribution in [0, 0.1) is 0 Å². The first-order valence-corrected chi connectivity index (χ1v) is 8.54. The minimum absolute atomic E-state index is 0.179. The molecule has 2 atom stereocenters. The van der Waals surface area contributed by atoms with Gasteiger partial charge in [-0.05, 0) is 29.7 Å². The summed E-state index contributed by atoms with van der Waals surface area (Å²) in [6, 6.07) is 13.9. The zero-order valence-electron chi connectivity index (χ0n) is 15.2. The van der Waals surface area contributed by atoms with Gasteiger partial charge < -0.3 is 24.8 Å². The Morgan fingerprint density at radius 3 is 2.27 bits per heavy atom. The minimum Gasteiger partial charge on any atom is -0.493 e. The van der Waals surface area contributed by atoms with E-state index in [1.54, 1.807) is 21.3 Å². The fourth-order valence-corrected chi connectivity index (χ4v) is 3.06. The molecule has 1 aliphatic carbocycles. The SMILES string of the molecule is COc1cc(CNC(=O)NC2CC2c2ccccc2)cc(OC)c1OC. The molecule has 1 fully saturated rings. The van der Waals surface area contributed by atoms with E-state index in [4.69, 9.17) is 14.2 Å². The van der Waals surface area contributed by atoms with Crippen molar-refractivity contribution in [2.75, 3.05) is 21.3 Å². The fraction of sp³-hybridized carbons (Fsp3) is 0.350. The Labute approximate surface area is 153 Å². The first kappa shape index (κ1) is 17.9. The van der Waals surface area contributed by atoms with Gasteiger partial charge in [0, 0.05) is 18.5 Å². The van der Waals surface area contributed by atoms with E-state index in [0.717, 1.165) is 12.0 Å². The smallest absolute Gasteiger partial charge is 0.315 e. The molecule has 0 saturated heterocycles. The van der Waals surface area contributed by atoms with Crippen LogP contribution < -0.4 is 24.8 Å². The predicted molar refractivity (Wildman–Crippen MR) is 99.1 cm³/mol. The fourth-order valence-electron chi connectivity index (χ4n) is 3.06. The number of urea groups is 1. The highest BCUT2D eigenvalue weighted by Gasteiger charge is 2.39. The lowest BCUT2D eigenvalue weighted by atomic mass is 10.1. The van der Waals surface area contributed by atoms with Gasteiger partial charge in [-0.2, -0.15) is 0 Å². The average molecular weight is 356 g/mol. The van der Waals surface area contributed by atoms with Crippen molar-refractivity contribution in [2.45, 2.75) is 24.9 Å². The van der Waals surface area contributed by atoms with Crippen LogP contribution in [0.15, 0.2) is 42.5 Å². The number of rotatable bonds is 7. The molecule has 2 unspecified atom stereocenters. The van der Waals surface area contributed by atoms with Crippen molar-refractivity contribution in [1.29, 1.82) is 0 Å². The molecular weight excluding hydrogens is 332 g/mol. The third kappa shape index (κ3) is 4.02. The molecule has 0 aliphatic heterocycles. The number of hydrogen-bond acceptors (Lipinski definition) is 4. The first-order valence-electron chi connectivity index (χ1n) is 8.54. The summed E-state index contributed by atoms with van der Waals surface area (Å²) in [6.45, 7) is 0.366. The van der Waals surface area contributed by atoms with Crippen molar-refractivity contribution in [3.63, 3.8) is 0 Å². The molecule has 1 aliphatic rings. The highest BCUT2D eigenvalue weighted by atomic mass is 16.5. The van der Waals surface area contributed by atoms with Gasteiger partial charge in [0.05, 0.1) is 21.3 Å². The van der Waals surface area contributed by atoms with Gasteiger partial charge in [0.1, 0.15) is 0 Å². The maximum Gasteiger partial charge on any atom is 0.315 e. The summed E-state index contributed by atoms with van der Waals surface area (Å²) < 4.78 is 16.0. The number of nitrogens with one attached hydrogen (secondary N) is 2. The van der Waals surface area contributed by atoms with E-state index < -0.39 is 0 Å². The average Bonchev–Trinajstić information content (AvgIpc) is 3.45. The first-order chi connectivity index (χ1) is 12.7. The molecule has 0 aromatic heterocycles. The Morgan fingerprint density at radius 2 is 1.69 bits per heavy atom. The van der Waals surface area contributed by atoms with Crippen molar-refractivity contribution in [3.8, 4) is 17.2 Å². The maximum absolute atomic E-state index is 12.2. The highest BCUT2D eigenvalue weighted by molar-refractivity contribution is 5.75. The Balaban J connectivity index is 1.55. The summed E-state index contributed by atoms with van der Waals surface area (Å²) in [4.78, 5) is 12.2. The van der Waals surface area contributed by atoms with Gasteiger partial charge in [-0.15, -0.1) is 0 Å². The highest BCUT2D eigenvalue weighted by Crippen LogP contribution is 2.40. The number of methoxy groups -OCH3 is 3. The third-order valence-electron chi connectivity index (χ3n) is 4.51. The molecule has 138 valence electrons. The van der Waals surface area contributed by atoms with Crippen LogP contribution in [0.4, 0.5) is 4.79 Å². The van der Waals surface area contributed by atoms with Crippen LogP contribution in [0.5, 0.6) is 17.2 Å². The summed E-state index contributed by atoms with van der Waals surface area (Å²) >= 11 is 0. The number of carbonyl (C=O) groups is 1. The Kier molecular flexibility index (Phi) is 5.51. The van der Waals surface area contributed by atoms with Gasteiger partial charge in [-0.1, -0.05) is 30.3 Å². The molecule has 2 aromatic rings. The molecule has 0 bridgehead atoms. The largest absolute Gasteiger partial charge is 0.493 e. The van der Waals surface area contributed by atoms with Gasteiger partial charge in [0.25, 0.3) is 0 Å². The van der Waals surface area contributed by atoms with Gasteiger partial charge in [0.2, 0.25) is 5.75 Å². The summed E-state index contributed by atoms with van der Waals surface area (Å²) in [5.74, 6) is 2.07. The molecule has 1 saturated carbocycles. The molecule has 0 radical (unpaired) electrons. The van der Waals surface area contributed by atoms with Crippen molar-refractivity contribution in [3.05, 3.63) is 53.6 Å². The number of hydrogen-bond donors (Lipinski definition) is 2. The molecular formula is C20H24N2O4. The van der Waals surface area contributed by atoms with Crippen LogP contribution in [-0.2, 0) is 6.54 Å². The summed E-state index contributed by atoms with van der Waals surface area (Å²) in [5.41, 5.74) is 2.13. The molecule has 6 nitrogen and oxygen atoms in total. The molecule has 0 spiro atoms. The molecule has 26 heavy (non-hydrogen) atoms. The minimum atomic E-state index is -0.179.